The standard InChI is InChI=1S/C7H12FN/c1-9-4-6(8)7(5-9)2-3-7/h6H,2-5H2,1H3/t6-/m0/s1. The van der Waals surface area contributed by atoms with E-state index in [4.69, 9.17) is 0 Å². The van der Waals surface area contributed by atoms with Gasteiger partial charge in [-0.25, -0.2) is 4.39 Å². The first-order chi connectivity index (χ1) is 4.23. The molecule has 0 N–H and O–H groups in total. The van der Waals surface area contributed by atoms with Gasteiger partial charge in [-0.15, -0.1) is 0 Å². The number of rotatable bonds is 0. The topological polar surface area (TPSA) is 3.24 Å². The molecule has 1 saturated heterocycles. The van der Waals surface area contributed by atoms with E-state index < -0.39 is 6.17 Å². The fourth-order valence-corrected chi connectivity index (χ4v) is 1.80. The van der Waals surface area contributed by atoms with Crippen LogP contribution in [0.15, 0.2) is 0 Å². The quantitative estimate of drug-likeness (QED) is 0.472. The molecule has 1 saturated carbocycles. The van der Waals surface area contributed by atoms with Gasteiger partial charge in [-0.2, -0.15) is 0 Å². The lowest BCUT2D eigenvalue weighted by Gasteiger charge is -2.05. The molecule has 1 atom stereocenters. The molecular weight excluding hydrogens is 117 g/mol. The Labute approximate surface area is 54.8 Å². The minimum atomic E-state index is -0.525. The van der Waals surface area contributed by atoms with Gasteiger partial charge < -0.3 is 4.90 Å². The summed E-state index contributed by atoms with van der Waals surface area (Å²) >= 11 is 0. The van der Waals surface area contributed by atoms with Gasteiger partial charge >= 0.3 is 0 Å². The Morgan fingerprint density at radius 1 is 1.56 bits per heavy atom. The normalized spacial score (nSPS) is 40.0. The molecular formula is C7H12FN. The van der Waals surface area contributed by atoms with Crippen molar-refractivity contribution in [3.63, 3.8) is 0 Å². The molecule has 1 heterocycles. The van der Waals surface area contributed by atoms with E-state index in [1.807, 2.05) is 7.05 Å². The van der Waals surface area contributed by atoms with Crippen LogP contribution in [0.5, 0.6) is 0 Å². The smallest absolute Gasteiger partial charge is 0.120 e. The molecule has 0 unspecified atom stereocenters. The number of alkyl halides is 1. The molecule has 2 fully saturated rings. The van der Waals surface area contributed by atoms with E-state index in [0.717, 1.165) is 19.4 Å². The van der Waals surface area contributed by atoms with Crippen molar-refractivity contribution in [2.45, 2.75) is 19.0 Å². The summed E-state index contributed by atoms with van der Waals surface area (Å²) in [6, 6.07) is 0. The third kappa shape index (κ3) is 0.692. The first kappa shape index (κ1) is 5.66. The summed E-state index contributed by atoms with van der Waals surface area (Å²) in [7, 11) is 2.00. The number of hydrogen-bond donors (Lipinski definition) is 0. The molecule has 9 heavy (non-hydrogen) atoms. The average molecular weight is 129 g/mol. The molecule has 0 amide bonds. The zero-order valence-electron chi connectivity index (χ0n) is 5.73. The van der Waals surface area contributed by atoms with Crippen molar-refractivity contribution in [1.29, 1.82) is 0 Å². The molecule has 0 aromatic carbocycles. The van der Waals surface area contributed by atoms with Crippen LogP contribution in [0.3, 0.4) is 0 Å². The SMILES string of the molecule is CN1C[C@H](F)C2(CC2)C1. The van der Waals surface area contributed by atoms with Gasteiger partial charge in [0.25, 0.3) is 0 Å². The Hall–Kier alpha value is -0.110. The maximum Gasteiger partial charge on any atom is 0.120 e. The highest BCUT2D eigenvalue weighted by molar-refractivity contribution is 5.05. The maximum absolute atomic E-state index is 13.0. The number of hydrogen-bond acceptors (Lipinski definition) is 1. The van der Waals surface area contributed by atoms with Crippen LogP contribution in [0.2, 0.25) is 0 Å². The van der Waals surface area contributed by atoms with E-state index in [0.29, 0.717) is 6.54 Å². The van der Waals surface area contributed by atoms with Crippen LogP contribution in [-0.4, -0.2) is 31.2 Å². The summed E-state index contributed by atoms with van der Waals surface area (Å²) in [6.45, 7) is 1.66. The minimum absolute atomic E-state index is 0.134. The highest BCUT2D eigenvalue weighted by atomic mass is 19.1. The number of likely N-dealkylation sites (tertiary alicyclic amines) is 1. The lowest BCUT2D eigenvalue weighted by molar-refractivity contribution is 0.264. The molecule has 2 rings (SSSR count). The monoisotopic (exact) mass is 129 g/mol. The lowest BCUT2D eigenvalue weighted by Crippen LogP contribution is -2.14. The summed E-state index contributed by atoms with van der Waals surface area (Å²) < 4.78 is 13.0. The molecule has 0 aromatic heterocycles. The molecule has 1 aliphatic carbocycles. The van der Waals surface area contributed by atoms with Crippen LogP contribution in [-0.2, 0) is 0 Å². The second-order valence-corrected chi connectivity index (χ2v) is 3.53. The molecule has 1 nitrogen and oxygen atoms in total. The Bertz CT molecular complexity index is 131. The largest absolute Gasteiger partial charge is 0.303 e. The van der Waals surface area contributed by atoms with Gasteiger partial charge in [0.15, 0.2) is 0 Å². The van der Waals surface area contributed by atoms with Gasteiger partial charge in [0, 0.05) is 18.5 Å². The third-order valence-corrected chi connectivity index (χ3v) is 2.61. The van der Waals surface area contributed by atoms with Crippen molar-refractivity contribution >= 4 is 0 Å². The highest BCUT2D eigenvalue weighted by Crippen LogP contribution is 2.53. The van der Waals surface area contributed by atoms with Gasteiger partial charge in [-0.3, -0.25) is 0 Å². The van der Waals surface area contributed by atoms with Crippen LogP contribution in [0, 0.1) is 5.41 Å². The van der Waals surface area contributed by atoms with Crippen LogP contribution in [0.1, 0.15) is 12.8 Å². The van der Waals surface area contributed by atoms with E-state index >= 15 is 0 Å². The molecule has 2 heteroatoms. The van der Waals surface area contributed by atoms with Crippen LogP contribution >= 0.6 is 0 Å². The zero-order chi connectivity index (χ0) is 6.48. The van der Waals surface area contributed by atoms with Gasteiger partial charge in [0.05, 0.1) is 0 Å². The Balaban J connectivity index is 2.10. The summed E-state index contributed by atoms with van der Waals surface area (Å²) in [5, 5.41) is 0. The first-order valence-electron chi connectivity index (χ1n) is 3.56. The third-order valence-electron chi connectivity index (χ3n) is 2.61. The summed E-state index contributed by atoms with van der Waals surface area (Å²) in [4.78, 5) is 2.09. The molecule has 0 bridgehead atoms. The molecule has 0 radical (unpaired) electrons. The second kappa shape index (κ2) is 1.48. The fraction of sp³-hybridized carbons (Fsp3) is 1.00. The van der Waals surface area contributed by atoms with Crippen molar-refractivity contribution in [2.75, 3.05) is 20.1 Å². The molecule has 1 aliphatic heterocycles. The molecule has 0 aromatic rings. The zero-order valence-corrected chi connectivity index (χ0v) is 5.73. The molecule has 2 aliphatic rings. The van der Waals surface area contributed by atoms with E-state index in [1.54, 1.807) is 0 Å². The number of halogens is 1. The van der Waals surface area contributed by atoms with Gasteiger partial charge in [-0.1, -0.05) is 0 Å². The van der Waals surface area contributed by atoms with Gasteiger partial charge in [0.1, 0.15) is 6.17 Å². The fourth-order valence-electron chi connectivity index (χ4n) is 1.80. The van der Waals surface area contributed by atoms with E-state index in [1.165, 1.54) is 0 Å². The summed E-state index contributed by atoms with van der Waals surface area (Å²) in [5.41, 5.74) is 0.134. The Kier molecular flexibility index (Phi) is 0.933. The number of nitrogens with zero attached hydrogens (tertiary/aromatic N) is 1. The lowest BCUT2D eigenvalue weighted by atomic mass is 10.1. The Morgan fingerprint density at radius 2 is 2.22 bits per heavy atom. The summed E-state index contributed by atoms with van der Waals surface area (Å²) in [5.74, 6) is 0. The molecule has 1 spiro atoms. The van der Waals surface area contributed by atoms with Gasteiger partial charge in [0.2, 0.25) is 0 Å². The predicted molar refractivity (Wildman–Crippen MR) is 34.1 cm³/mol. The predicted octanol–water partition coefficient (Wildman–Crippen LogP) is 1.05. The van der Waals surface area contributed by atoms with Crippen LogP contribution in [0.4, 0.5) is 4.39 Å². The van der Waals surface area contributed by atoms with Crippen molar-refractivity contribution in [2.24, 2.45) is 5.41 Å². The van der Waals surface area contributed by atoms with Gasteiger partial charge in [-0.05, 0) is 19.9 Å². The highest BCUT2D eigenvalue weighted by Gasteiger charge is 2.54. The average Bonchev–Trinajstić information content (AvgIpc) is 2.42. The van der Waals surface area contributed by atoms with E-state index in [9.17, 15) is 4.39 Å². The Morgan fingerprint density at radius 3 is 2.44 bits per heavy atom. The first-order valence-corrected chi connectivity index (χ1v) is 3.56. The van der Waals surface area contributed by atoms with E-state index in [-0.39, 0.29) is 5.41 Å². The van der Waals surface area contributed by atoms with Crippen molar-refractivity contribution < 1.29 is 4.39 Å². The second-order valence-electron chi connectivity index (χ2n) is 3.53. The maximum atomic E-state index is 13.0. The van der Waals surface area contributed by atoms with Crippen LogP contribution in [0.25, 0.3) is 0 Å². The van der Waals surface area contributed by atoms with E-state index in [2.05, 4.69) is 4.90 Å². The summed E-state index contributed by atoms with van der Waals surface area (Å²) in [6.07, 6.45) is 1.72. The van der Waals surface area contributed by atoms with Crippen LogP contribution < -0.4 is 0 Å². The van der Waals surface area contributed by atoms with Crippen molar-refractivity contribution in [1.82, 2.24) is 4.90 Å². The van der Waals surface area contributed by atoms with Crippen molar-refractivity contribution in [3.8, 4) is 0 Å². The molecule has 52 valence electrons. The van der Waals surface area contributed by atoms with Crippen molar-refractivity contribution in [3.05, 3.63) is 0 Å². The minimum Gasteiger partial charge on any atom is -0.303 e.